The van der Waals surface area contributed by atoms with Crippen LogP contribution >= 0.6 is 12.2 Å². The molecule has 0 aliphatic carbocycles. The molecule has 2 fully saturated rings. The van der Waals surface area contributed by atoms with Crippen molar-refractivity contribution in [3.05, 3.63) is 48.0 Å². The van der Waals surface area contributed by atoms with Crippen LogP contribution < -0.4 is 19.7 Å². The predicted octanol–water partition coefficient (Wildman–Crippen LogP) is 5.13. The van der Waals surface area contributed by atoms with Crippen LogP contribution in [0.2, 0.25) is 0 Å². The van der Waals surface area contributed by atoms with Gasteiger partial charge in [0.05, 0.1) is 24.7 Å². The zero-order chi connectivity index (χ0) is 33.5. The zero-order valence-corrected chi connectivity index (χ0v) is 28.5. The quantitative estimate of drug-likeness (QED) is 0.207. The third kappa shape index (κ3) is 7.81. The van der Waals surface area contributed by atoms with Crippen LogP contribution in [-0.2, 0) is 9.59 Å². The fourth-order valence-corrected chi connectivity index (χ4v) is 6.52. The SMILES string of the molecule is CCCCC(=O)N1CCN(c2nc(NC(=O)[C@H]3CCCN3C(=S)C(C)CC(=O)c3ccccc3)c3cc(OC)c(OC)cc3n2)CC1. The lowest BCUT2D eigenvalue weighted by molar-refractivity contribution is -0.131. The van der Waals surface area contributed by atoms with Crippen molar-refractivity contribution >= 4 is 57.5 Å². The summed E-state index contributed by atoms with van der Waals surface area (Å²) in [5, 5.41) is 3.70. The second-order valence-corrected chi connectivity index (χ2v) is 12.6. The van der Waals surface area contributed by atoms with Crippen molar-refractivity contribution < 1.29 is 23.9 Å². The number of aromatic nitrogens is 2. The summed E-state index contributed by atoms with van der Waals surface area (Å²) >= 11 is 5.86. The number of nitrogens with one attached hydrogen (secondary N) is 1. The molecule has 1 N–H and O–H groups in total. The summed E-state index contributed by atoms with van der Waals surface area (Å²) in [6.07, 6.45) is 4.13. The van der Waals surface area contributed by atoms with Crippen molar-refractivity contribution in [1.29, 1.82) is 0 Å². The average molecular weight is 661 g/mol. The molecule has 3 heterocycles. The van der Waals surface area contributed by atoms with Gasteiger partial charge in [-0.3, -0.25) is 14.4 Å². The Morgan fingerprint density at radius 1 is 1.00 bits per heavy atom. The summed E-state index contributed by atoms with van der Waals surface area (Å²) in [6, 6.07) is 12.2. The average Bonchev–Trinajstić information content (AvgIpc) is 3.60. The van der Waals surface area contributed by atoms with E-state index < -0.39 is 6.04 Å². The number of methoxy groups -OCH3 is 2. The highest BCUT2D eigenvalue weighted by Crippen LogP contribution is 2.36. The maximum Gasteiger partial charge on any atom is 0.248 e. The Balaban J connectivity index is 1.36. The first-order valence-electron chi connectivity index (χ1n) is 16.4. The van der Waals surface area contributed by atoms with Crippen LogP contribution in [0, 0.1) is 5.92 Å². The monoisotopic (exact) mass is 660 g/mol. The van der Waals surface area contributed by atoms with Crippen LogP contribution in [-0.4, -0.2) is 95.3 Å². The molecule has 2 atom stereocenters. The van der Waals surface area contributed by atoms with Gasteiger partial charge >= 0.3 is 0 Å². The van der Waals surface area contributed by atoms with E-state index in [0.29, 0.717) is 90.3 Å². The number of likely N-dealkylation sites (tertiary alicyclic amines) is 1. The Hall–Kier alpha value is -4.32. The number of hydrogen-bond acceptors (Lipinski definition) is 9. The number of nitrogens with zero attached hydrogens (tertiary/aromatic N) is 5. The van der Waals surface area contributed by atoms with Gasteiger partial charge in [-0.2, -0.15) is 4.98 Å². The number of carbonyl (C=O) groups excluding carboxylic acids is 3. The molecule has 0 spiro atoms. The number of amides is 2. The number of ether oxygens (including phenoxy) is 2. The lowest BCUT2D eigenvalue weighted by Gasteiger charge is -2.35. The van der Waals surface area contributed by atoms with Crippen LogP contribution in [0.4, 0.5) is 11.8 Å². The number of ketones is 1. The first-order valence-corrected chi connectivity index (χ1v) is 16.8. The van der Waals surface area contributed by atoms with Crippen molar-refractivity contribution in [3.8, 4) is 11.5 Å². The molecule has 1 aromatic heterocycles. The van der Waals surface area contributed by atoms with Gasteiger partial charge in [0, 0.05) is 68.5 Å². The van der Waals surface area contributed by atoms with Crippen LogP contribution in [0.5, 0.6) is 11.5 Å². The summed E-state index contributed by atoms with van der Waals surface area (Å²) in [7, 11) is 3.12. The molecule has 3 aromatic rings. The largest absolute Gasteiger partial charge is 0.493 e. The number of benzene rings is 2. The number of fused-ring (bicyclic) bond motifs is 1. The predicted molar refractivity (Wildman–Crippen MR) is 186 cm³/mol. The van der Waals surface area contributed by atoms with Gasteiger partial charge in [0.2, 0.25) is 17.8 Å². The van der Waals surface area contributed by atoms with Gasteiger partial charge in [0.25, 0.3) is 0 Å². The minimum Gasteiger partial charge on any atom is -0.493 e. The number of thiocarbonyl (C=S) groups is 1. The molecule has 2 amide bonds. The van der Waals surface area contributed by atoms with E-state index in [4.69, 9.17) is 31.7 Å². The molecule has 12 heteroatoms. The highest BCUT2D eigenvalue weighted by molar-refractivity contribution is 7.80. The molecule has 47 heavy (non-hydrogen) atoms. The molecule has 0 bridgehead atoms. The number of Topliss-reactive ketones (excluding diaryl/α,β-unsaturated/α-hetero) is 1. The Labute approximate surface area is 281 Å². The third-order valence-corrected chi connectivity index (χ3v) is 9.57. The summed E-state index contributed by atoms with van der Waals surface area (Å²) < 4.78 is 11.1. The first kappa shape index (κ1) is 34.0. The van der Waals surface area contributed by atoms with Gasteiger partial charge in [-0.1, -0.05) is 62.8 Å². The maximum absolute atomic E-state index is 14.0. The van der Waals surface area contributed by atoms with Gasteiger partial charge in [0.1, 0.15) is 11.9 Å². The molecular formula is C35H44N6O5S. The van der Waals surface area contributed by atoms with Crippen molar-refractivity contribution in [2.45, 2.75) is 58.4 Å². The first-order chi connectivity index (χ1) is 22.7. The number of hydrogen-bond donors (Lipinski definition) is 1. The van der Waals surface area contributed by atoms with Crippen molar-refractivity contribution in [1.82, 2.24) is 19.8 Å². The highest BCUT2D eigenvalue weighted by atomic mass is 32.1. The van der Waals surface area contributed by atoms with Gasteiger partial charge in [-0.05, 0) is 25.3 Å². The molecule has 1 unspecified atom stereocenters. The fourth-order valence-electron chi connectivity index (χ4n) is 6.22. The number of unbranched alkanes of at least 4 members (excludes halogenated alkanes) is 1. The molecule has 0 radical (unpaired) electrons. The van der Waals surface area contributed by atoms with E-state index >= 15 is 0 Å². The lowest BCUT2D eigenvalue weighted by atomic mass is 9.99. The Morgan fingerprint density at radius 2 is 1.70 bits per heavy atom. The maximum atomic E-state index is 14.0. The number of rotatable bonds is 12. The van der Waals surface area contributed by atoms with Gasteiger partial charge in [0.15, 0.2) is 17.3 Å². The van der Waals surface area contributed by atoms with E-state index in [1.165, 1.54) is 0 Å². The molecule has 2 aliphatic rings. The molecule has 11 nitrogen and oxygen atoms in total. The van der Waals surface area contributed by atoms with E-state index in [1.807, 2.05) is 52.0 Å². The summed E-state index contributed by atoms with van der Waals surface area (Å²) in [5.41, 5.74) is 1.25. The molecule has 2 saturated heterocycles. The van der Waals surface area contributed by atoms with E-state index in [0.717, 1.165) is 19.3 Å². The minimum absolute atomic E-state index is 0.0242. The Morgan fingerprint density at radius 3 is 2.38 bits per heavy atom. The van der Waals surface area contributed by atoms with E-state index in [-0.39, 0.29) is 29.9 Å². The number of anilines is 2. The molecule has 2 aromatic carbocycles. The molecule has 250 valence electrons. The Kier molecular flexibility index (Phi) is 11.2. The van der Waals surface area contributed by atoms with E-state index in [9.17, 15) is 14.4 Å². The van der Waals surface area contributed by atoms with Crippen molar-refractivity contribution in [3.63, 3.8) is 0 Å². The van der Waals surface area contributed by atoms with Crippen molar-refractivity contribution in [2.24, 2.45) is 5.92 Å². The zero-order valence-electron chi connectivity index (χ0n) is 27.7. The lowest BCUT2D eigenvalue weighted by Crippen LogP contribution is -2.49. The van der Waals surface area contributed by atoms with Crippen molar-refractivity contribution in [2.75, 3.05) is 57.2 Å². The summed E-state index contributed by atoms with van der Waals surface area (Å²) in [5.74, 6) is 1.60. The highest BCUT2D eigenvalue weighted by Gasteiger charge is 2.35. The van der Waals surface area contributed by atoms with E-state index in [1.54, 1.807) is 26.4 Å². The molecule has 2 aliphatic heterocycles. The van der Waals surface area contributed by atoms with Crippen LogP contribution in [0.15, 0.2) is 42.5 Å². The van der Waals surface area contributed by atoms with E-state index in [2.05, 4.69) is 12.2 Å². The third-order valence-electron chi connectivity index (χ3n) is 8.94. The van der Waals surface area contributed by atoms with Gasteiger partial charge in [-0.25, -0.2) is 4.98 Å². The second-order valence-electron chi connectivity index (χ2n) is 12.1. The normalized spacial score (nSPS) is 17.0. The smallest absolute Gasteiger partial charge is 0.248 e. The van der Waals surface area contributed by atoms with Crippen LogP contribution in [0.1, 0.15) is 62.7 Å². The fraction of sp³-hybridized carbons (Fsp3) is 0.486. The van der Waals surface area contributed by atoms with Gasteiger partial charge < -0.3 is 29.5 Å². The topological polar surface area (TPSA) is 117 Å². The molecule has 0 saturated carbocycles. The summed E-state index contributed by atoms with van der Waals surface area (Å²) in [4.78, 5) is 55.7. The van der Waals surface area contributed by atoms with Crippen LogP contribution in [0.25, 0.3) is 10.9 Å². The summed E-state index contributed by atoms with van der Waals surface area (Å²) in [6.45, 7) is 6.98. The second kappa shape index (κ2) is 15.5. The number of piperazine rings is 1. The molecular weight excluding hydrogens is 616 g/mol. The van der Waals surface area contributed by atoms with Crippen LogP contribution in [0.3, 0.4) is 0 Å². The minimum atomic E-state index is -0.497. The molecule has 5 rings (SSSR count). The number of carbonyl (C=O) groups is 3. The van der Waals surface area contributed by atoms with Gasteiger partial charge in [-0.15, -0.1) is 0 Å². The standard InChI is InChI=1S/C35H44N6O5S/c1-5-6-14-31(43)39-16-18-40(19-17-39)35-36-26-22-30(46-4)29(45-3)21-25(26)32(38-35)37-33(44)27-13-10-15-41(27)34(47)23(2)20-28(42)24-11-8-7-9-12-24/h7-9,11-12,21-23,27H,5-6,10,13-20H2,1-4H3,(H,36,37,38,44)/t23?,27-/m1/s1. The Bertz CT molecular complexity index is 1610.